The van der Waals surface area contributed by atoms with Crippen LogP contribution >= 0.6 is 0 Å². The fraction of sp³-hybridized carbons (Fsp3) is 0.231. The molecule has 4 rings (SSSR count). The maximum absolute atomic E-state index is 13.3. The highest BCUT2D eigenvalue weighted by molar-refractivity contribution is 7.92. The van der Waals surface area contributed by atoms with Crippen LogP contribution in [0.25, 0.3) is 0 Å². The molecule has 1 aliphatic heterocycles. The molecule has 9 heteroatoms. The quantitative estimate of drug-likeness (QED) is 0.497. The second-order valence-corrected chi connectivity index (χ2v) is 10.3. The van der Waals surface area contributed by atoms with Crippen molar-refractivity contribution in [1.29, 1.82) is 0 Å². The van der Waals surface area contributed by atoms with Crippen LogP contribution in [-0.4, -0.2) is 50.8 Å². The molecule has 1 aliphatic rings. The normalized spacial score (nSPS) is 14.3. The van der Waals surface area contributed by atoms with Crippen molar-refractivity contribution in [2.45, 2.75) is 23.0 Å². The summed E-state index contributed by atoms with van der Waals surface area (Å²) >= 11 is 0. The number of carbonyl (C=O) groups excluding carboxylic acids is 2. The monoisotopic (exact) mass is 494 g/mol. The Kier molecular flexibility index (Phi) is 7.36. The third kappa shape index (κ3) is 5.46. The van der Waals surface area contributed by atoms with E-state index in [4.69, 9.17) is 9.47 Å². The third-order valence-corrected chi connectivity index (χ3v) is 8.18. The first-order valence-corrected chi connectivity index (χ1v) is 12.7. The summed E-state index contributed by atoms with van der Waals surface area (Å²) in [5, 5.41) is 2.17. The van der Waals surface area contributed by atoms with Gasteiger partial charge in [-0.1, -0.05) is 42.5 Å². The van der Waals surface area contributed by atoms with Gasteiger partial charge in [0, 0.05) is 13.1 Å². The van der Waals surface area contributed by atoms with Gasteiger partial charge in [-0.2, -0.15) is 0 Å². The van der Waals surface area contributed by atoms with Crippen molar-refractivity contribution >= 4 is 27.5 Å². The summed E-state index contributed by atoms with van der Waals surface area (Å²) < 4.78 is 37.2. The molecule has 35 heavy (non-hydrogen) atoms. The second-order valence-electron chi connectivity index (χ2n) is 8.06. The summed E-state index contributed by atoms with van der Waals surface area (Å²) in [5.41, 5.74) is 0.535. The molecule has 3 aromatic rings. The van der Waals surface area contributed by atoms with Gasteiger partial charge >= 0.3 is 12.0 Å². The number of methoxy groups -OCH3 is 1. The molecule has 1 heterocycles. The van der Waals surface area contributed by atoms with E-state index >= 15 is 0 Å². The Morgan fingerprint density at radius 2 is 1.51 bits per heavy atom. The molecule has 1 fully saturated rings. The fourth-order valence-corrected chi connectivity index (χ4v) is 5.93. The first-order chi connectivity index (χ1) is 16.9. The van der Waals surface area contributed by atoms with E-state index in [2.05, 4.69) is 5.32 Å². The van der Waals surface area contributed by atoms with Crippen LogP contribution in [0, 0.1) is 0 Å². The van der Waals surface area contributed by atoms with E-state index in [0.717, 1.165) is 0 Å². The molecule has 0 atom stereocenters. The number of anilines is 1. The number of carbonyl (C=O) groups is 2. The summed E-state index contributed by atoms with van der Waals surface area (Å²) in [6.07, 6.45) is 0.515. The molecule has 0 unspecified atom stereocenters. The number of amides is 2. The lowest BCUT2D eigenvalue weighted by Crippen LogP contribution is -2.44. The van der Waals surface area contributed by atoms with E-state index in [1.54, 1.807) is 35.2 Å². The largest absolute Gasteiger partial charge is 0.465 e. The zero-order chi connectivity index (χ0) is 24.8. The van der Waals surface area contributed by atoms with Gasteiger partial charge in [-0.05, 0) is 49.2 Å². The predicted octanol–water partition coefficient (Wildman–Crippen LogP) is 4.74. The molecular weight excluding hydrogens is 468 g/mol. The van der Waals surface area contributed by atoms with Gasteiger partial charge in [0.2, 0.25) is 0 Å². The number of nitrogens with zero attached hydrogens (tertiary/aromatic N) is 1. The number of sulfone groups is 1. The van der Waals surface area contributed by atoms with Gasteiger partial charge in [-0.3, -0.25) is 0 Å². The highest BCUT2D eigenvalue weighted by atomic mass is 32.2. The summed E-state index contributed by atoms with van der Waals surface area (Å²) in [6.45, 7) is 0.523. The Labute approximate surface area is 204 Å². The molecule has 8 nitrogen and oxygen atoms in total. The third-order valence-electron chi connectivity index (χ3n) is 5.87. The SMILES string of the molecule is COC(=O)c1ccccc1S(=O)(=O)C1CCN(C(=O)Nc2ccccc2Oc2ccccc2)CC1. The van der Waals surface area contributed by atoms with Gasteiger partial charge < -0.3 is 19.7 Å². The van der Waals surface area contributed by atoms with Crippen molar-refractivity contribution in [1.82, 2.24) is 4.90 Å². The maximum Gasteiger partial charge on any atom is 0.339 e. The van der Waals surface area contributed by atoms with Gasteiger partial charge in [-0.15, -0.1) is 0 Å². The van der Waals surface area contributed by atoms with Gasteiger partial charge in [-0.25, -0.2) is 18.0 Å². The van der Waals surface area contributed by atoms with Crippen molar-refractivity contribution in [2.24, 2.45) is 0 Å². The van der Waals surface area contributed by atoms with Crippen LogP contribution in [0.5, 0.6) is 11.5 Å². The van der Waals surface area contributed by atoms with Gasteiger partial charge in [0.15, 0.2) is 15.6 Å². The number of hydrogen-bond acceptors (Lipinski definition) is 6. The number of nitrogens with one attached hydrogen (secondary N) is 1. The number of urea groups is 1. The summed E-state index contributed by atoms with van der Waals surface area (Å²) in [5.74, 6) is 0.453. The zero-order valence-corrected chi connectivity index (χ0v) is 20.0. The lowest BCUT2D eigenvalue weighted by molar-refractivity contribution is 0.0596. The molecule has 0 aromatic heterocycles. The van der Waals surface area contributed by atoms with E-state index in [-0.39, 0.29) is 42.4 Å². The van der Waals surface area contributed by atoms with E-state index in [1.165, 1.54) is 19.2 Å². The van der Waals surface area contributed by atoms with Gasteiger partial charge in [0.25, 0.3) is 0 Å². The average Bonchev–Trinajstić information content (AvgIpc) is 2.90. The zero-order valence-electron chi connectivity index (χ0n) is 19.2. The van der Waals surface area contributed by atoms with Crippen molar-refractivity contribution in [3.8, 4) is 11.5 Å². The van der Waals surface area contributed by atoms with Gasteiger partial charge in [0.1, 0.15) is 5.75 Å². The lowest BCUT2D eigenvalue weighted by atomic mass is 10.1. The Hall–Kier alpha value is -3.85. The average molecular weight is 495 g/mol. The van der Waals surface area contributed by atoms with Crippen LogP contribution in [0.2, 0.25) is 0 Å². The molecule has 0 radical (unpaired) electrons. The minimum atomic E-state index is -3.78. The predicted molar refractivity (Wildman–Crippen MR) is 132 cm³/mol. The van der Waals surface area contributed by atoms with Crippen molar-refractivity contribution < 1.29 is 27.5 Å². The van der Waals surface area contributed by atoms with Crippen LogP contribution in [0.1, 0.15) is 23.2 Å². The topological polar surface area (TPSA) is 102 Å². The van der Waals surface area contributed by atoms with Crippen LogP contribution in [-0.2, 0) is 14.6 Å². The van der Waals surface area contributed by atoms with Crippen molar-refractivity contribution in [2.75, 3.05) is 25.5 Å². The number of esters is 1. The number of piperidine rings is 1. The minimum absolute atomic E-state index is 0.0187. The molecule has 2 amide bonds. The first-order valence-electron chi connectivity index (χ1n) is 11.2. The fourth-order valence-electron chi connectivity index (χ4n) is 4.01. The van der Waals surface area contributed by atoms with Crippen LogP contribution < -0.4 is 10.1 Å². The van der Waals surface area contributed by atoms with E-state index in [9.17, 15) is 18.0 Å². The Bertz CT molecular complexity index is 1300. The summed E-state index contributed by atoms with van der Waals surface area (Å²) in [6, 6.07) is 22.1. The molecule has 1 saturated heterocycles. The Morgan fingerprint density at radius 3 is 2.23 bits per heavy atom. The number of ether oxygens (including phenoxy) is 2. The number of rotatable bonds is 6. The lowest BCUT2D eigenvalue weighted by Gasteiger charge is -2.32. The standard InChI is InChI=1S/C26H26N2O6S/c1-33-25(29)21-11-5-8-14-24(21)35(31,32)20-15-17-28(18-16-20)26(30)27-22-12-6-7-13-23(22)34-19-9-3-2-4-10-19/h2-14,20H,15-18H2,1H3,(H,27,30). The van der Waals surface area contributed by atoms with Crippen molar-refractivity contribution in [3.05, 3.63) is 84.4 Å². The first kappa shape index (κ1) is 24.3. The number of hydrogen-bond donors (Lipinski definition) is 1. The Balaban J connectivity index is 1.42. The minimum Gasteiger partial charge on any atom is -0.465 e. The highest BCUT2D eigenvalue weighted by Crippen LogP contribution is 2.31. The number of para-hydroxylation sites is 3. The highest BCUT2D eigenvalue weighted by Gasteiger charge is 2.35. The second kappa shape index (κ2) is 10.6. The smallest absolute Gasteiger partial charge is 0.339 e. The summed E-state index contributed by atoms with van der Waals surface area (Å²) in [7, 11) is -2.56. The van der Waals surface area contributed by atoms with E-state index in [0.29, 0.717) is 17.2 Å². The number of likely N-dealkylation sites (tertiary alicyclic amines) is 1. The van der Waals surface area contributed by atoms with E-state index < -0.39 is 21.1 Å². The van der Waals surface area contributed by atoms with Crippen LogP contribution in [0.3, 0.4) is 0 Å². The Morgan fingerprint density at radius 1 is 0.886 bits per heavy atom. The molecule has 0 bridgehead atoms. The molecule has 1 N–H and O–H groups in total. The molecular formula is C26H26N2O6S. The van der Waals surface area contributed by atoms with Gasteiger partial charge in [0.05, 0.1) is 28.5 Å². The van der Waals surface area contributed by atoms with Crippen molar-refractivity contribution in [3.63, 3.8) is 0 Å². The molecule has 182 valence electrons. The summed E-state index contributed by atoms with van der Waals surface area (Å²) in [4.78, 5) is 26.5. The molecule has 0 aliphatic carbocycles. The van der Waals surface area contributed by atoms with Crippen LogP contribution in [0.4, 0.5) is 10.5 Å². The maximum atomic E-state index is 13.3. The van der Waals surface area contributed by atoms with E-state index in [1.807, 2.05) is 36.4 Å². The van der Waals surface area contributed by atoms with Crippen LogP contribution in [0.15, 0.2) is 83.8 Å². The molecule has 0 saturated carbocycles. The molecule has 0 spiro atoms. The molecule has 3 aromatic carbocycles. The number of benzene rings is 3.